The first-order chi connectivity index (χ1) is 16.0. The molecule has 6 nitrogen and oxygen atoms in total. The molecule has 2 unspecified atom stereocenters. The number of carbonyl (C=O) groups is 3. The molecule has 2 heterocycles. The van der Waals surface area contributed by atoms with Gasteiger partial charge in [-0.05, 0) is 49.6 Å². The maximum absolute atomic E-state index is 13.4. The molecule has 1 aromatic carbocycles. The van der Waals surface area contributed by atoms with Gasteiger partial charge >= 0.3 is 6.03 Å². The van der Waals surface area contributed by atoms with E-state index in [9.17, 15) is 14.4 Å². The van der Waals surface area contributed by atoms with Crippen LogP contribution in [0.2, 0.25) is 0 Å². The highest BCUT2D eigenvalue weighted by atomic mass is 32.1. The van der Waals surface area contributed by atoms with E-state index in [1.807, 2.05) is 34.5 Å². The third-order valence-corrected chi connectivity index (χ3v) is 7.58. The number of unbranched alkanes of at least 4 members (excludes halogenated alkanes) is 1. The lowest BCUT2D eigenvalue weighted by atomic mass is 9.81. The number of hydrogen-bond donors (Lipinski definition) is 1. The van der Waals surface area contributed by atoms with Gasteiger partial charge in [0.25, 0.3) is 0 Å². The van der Waals surface area contributed by atoms with Crippen molar-refractivity contribution in [3.63, 3.8) is 0 Å². The van der Waals surface area contributed by atoms with Gasteiger partial charge in [-0.1, -0.05) is 48.7 Å². The summed E-state index contributed by atoms with van der Waals surface area (Å²) >= 11 is 1.62. The molecule has 1 aromatic heterocycles. The summed E-state index contributed by atoms with van der Waals surface area (Å²) in [6, 6.07) is 12.0. The Morgan fingerprint density at radius 1 is 1.12 bits per heavy atom. The summed E-state index contributed by atoms with van der Waals surface area (Å²) in [6.07, 6.45) is 5.54. The van der Waals surface area contributed by atoms with E-state index in [1.54, 1.807) is 11.3 Å². The number of urea groups is 1. The van der Waals surface area contributed by atoms with Crippen molar-refractivity contribution in [2.24, 2.45) is 5.92 Å². The van der Waals surface area contributed by atoms with E-state index in [0.717, 1.165) is 36.1 Å². The minimum atomic E-state index is -0.174. The summed E-state index contributed by atoms with van der Waals surface area (Å²) in [5.41, 5.74) is 2.27. The summed E-state index contributed by atoms with van der Waals surface area (Å²) in [4.78, 5) is 43.2. The van der Waals surface area contributed by atoms with Crippen molar-refractivity contribution in [2.45, 2.75) is 71.0 Å². The molecule has 1 aliphatic carbocycles. The van der Waals surface area contributed by atoms with Crippen molar-refractivity contribution in [3.05, 3.63) is 57.8 Å². The van der Waals surface area contributed by atoms with Crippen LogP contribution in [-0.2, 0) is 22.7 Å². The highest BCUT2D eigenvalue weighted by Crippen LogP contribution is 2.35. The van der Waals surface area contributed by atoms with Gasteiger partial charge in [-0.3, -0.25) is 14.5 Å². The molecule has 0 bridgehead atoms. The van der Waals surface area contributed by atoms with Crippen LogP contribution in [0.5, 0.6) is 0 Å². The zero-order valence-electron chi connectivity index (χ0n) is 19.3. The Morgan fingerprint density at radius 3 is 2.76 bits per heavy atom. The molecule has 2 aromatic rings. The lowest BCUT2D eigenvalue weighted by Crippen LogP contribution is -2.62. The van der Waals surface area contributed by atoms with Crippen LogP contribution in [0, 0.1) is 12.8 Å². The number of rotatable bonds is 9. The van der Waals surface area contributed by atoms with Crippen LogP contribution < -0.4 is 5.32 Å². The maximum atomic E-state index is 13.4. The van der Waals surface area contributed by atoms with Crippen LogP contribution in [0.4, 0.5) is 4.79 Å². The van der Waals surface area contributed by atoms with E-state index in [2.05, 4.69) is 24.4 Å². The van der Waals surface area contributed by atoms with Crippen molar-refractivity contribution in [1.29, 1.82) is 0 Å². The first-order valence-corrected chi connectivity index (χ1v) is 12.9. The number of nitrogens with one attached hydrogen (secondary N) is 1. The Bertz CT molecular complexity index is 975. The second-order valence-electron chi connectivity index (χ2n) is 9.16. The van der Waals surface area contributed by atoms with E-state index in [1.165, 1.54) is 10.5 Å². The quantitative estimate of drug-likeness (QED) is 0.535. The number of thiophene rings is 1. The van der Waals surface area contributed by atoms with Crippen LogP contribution >= 0.6 is 11.3 Å². The third-order valence-electron chi connectivity index (χ3n) is 6.70. The van der Waals surface area contributed by atoms with Crippen molar-refractivity contribution in [3.8, 4) is 0 Å². The molecule has 2 atom stereocenters. The lowest BCUT2D eigenvalue weighted by Gasteiger charge is -2.47. The predicted octanol–water partition coefficient (Wildman–Crippen LogP) is 4.87. The Hall–Kier alpha value is -2.67. The standard InChI is InChI=1S/C26H33N3O3S/c1-19-8-6-9-20(16-19)18-29-23-12-3-2-11-22(23)25(31)28(26(29)32)14-5-4-13-24(30)27-17-21-10-7-15-33-21/h6-10,15-16,22-23H,2-5,11-14,17-18H2,1H3,(H,27,30). The van der Waals surface area contributed by atoms with Crippen LogP contribution in [-0.4, -0.2) is 40.2 Å². The number of nitrogens with zero attached hydrogens (tertiary/aromatic N) is 2. The minimum Gasteiger partial charge on any atom is -0.351 e. The van der Waals surface area contributed by atoms with E-state index in [4.69, 9.17) is 0 Å². The number of hydrogen-bond acceptors (Lipinski definition) is 4. The van der Waals surface area contributed by atoms with E-state index in [-0.39, 0.29) is 29.8 Å². The highest BCUT2D eigenvalue weighted by Gasteiger charge is 2.46. The summed E-state index contributed by atoms with van der Waals surface area (Å²) in [7, 11) is 0. The summed E-state index contributed by atoms with van der Waals surface area (Å²) in [5.74, 6) is -0.115. The van der Waals surface area contributed by atoms with E-state index in [0.29, 0.717) is 38.9 Å². The second kappa shape index (κ2) is 11.0. The van der Waals surface area contributed by atoms with E-state index < -0.39 is 0 Å². The number of aryl methyl sites for hydroxylation is 1. The molecule has 1 aliphatic heterocycles. The average molecular weight is 468 g/mol. The summed E-state index contributed by atoms with van der Waals surface area (Å²) in [6.45, 7) is 3.52. The van der Waals surface area contributed by atoms with Gasteiger partial charge in [0.05, 0.1) is 12.5 Å². The fourth-order valence-corrected chi connectivity index (χ4v) is 5.65. The molecule has 4 rings (SSSR count). The fraction of sp³-hybridized carbons (Fsp3) is 0.500. The molecule has 0 radical (unpaired) electrons. The van der Waals surface area contributed by atoms with Gasteiger partial charge in [0.2, 0.25) is 11.8 Å². The lowest BCUT2D eigenvalue weighted by molar-refractivity contribution is -0.140. The number of imide groups is 1. The predicted molar refractivity (Wildman–Crippen MR) is 130 cm³/mol. The first-order valence-electron chi connectivity index (χ1n) is 12.0. The van der Waals surface area contributed by atoms with Gasteiger partial charge in [-0.25, -0.2) is 4.79 Å². The molecule has 4 amide bonds. The molecule has 176 valence electrons. The molecule has 1 saturated carbocycles. The largest absolute Gasteiger partial charge is 0.351 e. The molecular weight excluding hydrogens is 434 g/mol. The van der Waals surface area contributed by atoms with Crippen molar-refractivity contribution in [2.75, 3.05) is 6.54 Å². The zero-order chi connectivity index (χ0) is 23.2. The molecule has 2 aliphatic rings. The Labute approximate surface area is 200 Å². The molecule has 2 fully saturated rings. The molecule has 0 spiro atoms. The number of carbonyl (C=O) groups excluding carboxylic acids is 3. The van der Waals surface area contributed by atoms with Gasteiger partial charge in [0.15, 0.2) is 0 Å². The number of fused-ring (bicyclic) bond motifs is 1. The van der Waals surface area contributed by atoms with Gasteiger partial charge < -0.3 is 10.2 Å². The normalized spacial score (nSPS) is 20.6. The molecule has 7 heteroatoms. The van der Waals surface area contributed by atoms with Crippen LogP contribution in [0.1, 0.15) is 60.9 Å². The van der Waals surface area contributed by atoms with Crippen LogP contribution in [0.3, 0.4) is 0 Å². The SMILES string of the molecule is Cc1cccc(CN2C(=O)N(CCCCC(=O)NCc3cccs3)C(=O)C3CCCCC32)c1. The molecule has 1 N–H and O–H groups in total. The van der Waals surface area contributed by atoms with Gasteiger partial charge in [-0.2, -0.15) is 0 Å². The van der Waals surface area contributed by atoms with E-state index >= 15 is 0 Å². The molecule has 1 saturated heterocycles. The Morgan fingerprint density at radius 2 is 1.97 bits per heavy atom. The van der Waals surface area contributed by atoms with Crippen molar-refractivity contribution < 1.29 is 14.4 Å². The number of amides is 4. The van der Waals surface area contributed by atoms with Crippen molar-refractivity contribution >= 4 is 29.2 Å². The van der Waals surface area contributed by atoms with Gasteiger partial charge in [0.1, 0.15) is 0 Å². The number of benzene rings is 1. The third kappa shape index (κ3) is 5.82. The topological polar surface area (TPSA) is 69.7 Å². The maximum Gasteiger partial charge on any atom is 0.327 e. The minimum absolute atomic E-state index is 0.00135. The Kier molecular flexibility index (Phi) is 7.81. The smallest absolute Gasteiger partial charge is 0.327 e. The Balaban J connectivity index is 1.33. The highest BCUT2D eigenvalue weighted by molar-refractivity contribution is 7.09. The van der Waals surface area contributed by atoms with Gasteiger partial charge in [-0.15, -0.1) is 11.3 Å². The monoisotopic (exact) mass is 467 g/mol. The molecular formula is C26H33N3O3S. The summed E-state index contributed by atoms with van der Waals surface area (Å²) in [5, 5.41) is 4.93. The zero-order valence-corrected chi connectivity index (χ0v) is 20.1. The average Bonchev–Trinajstić information content (AvgIpc) is 3.34. The molecule has 33 heavy (non-hydrogen) atoms. The van der Waals surface area contributed by atoms with Crippen LogP contribution in [0.15, 0.2) is 41.8 Å². The first kappa shape index (κ1) is 23.5. The summed E-state index contributed by atoms with van der Waals surface area (Å²) < 4.78 is 0. The van der Waals surface area contributed by atoms with Gasteiger partial charge in [0, 0.05) is 30.4 Å². The van der Waals surface area contributed by atoms with Crippen molar-refractivity contribution in [1.82, 2.24) is 15.1 Å². The second-order valence-corrected chi connectivity index (χ2v) is 10.2. The fourth-order valence-electron chi connectivity index (χ4n) is 5.00. The van der Waals surface area contributed by atoms with Crippen LogP contribution in [0.25, 0.3) is 0 Å².